The van der Waals surface area contributed by atoms with Crippen molar-refractivity contribution in [1.29, 1.82) is 0 Å². The molecule has 1 aromatic carbocycles. The number of aromatic nitrogens is 2. The molecule has 0 saturated heterocycles. The molecule has 1 amide bonds. The first kappa shape index (κ1) is 21.3. The molecule has 2 aromatic heterocycles. The summed E-state index contributed by atoms with van der Waals surface area (Å²) in [6.45, 7) is 4.52. The van der Waals surface area contributed by atoms with Crippen molar-refractivity contribution in [3.8, 4) is 5.69 Å². The van der Waals surface area contributed by atoms with Crippen molar-refractivity contribution in [2.24, 2.45) is 0 Å². The first-order valence-corrected chi connectivity index (χ1v) is 9.14. The van der Waals surface area contributed by atoms with Gasteiger partial charge in [-0.3, -0.25) is 4.79 Å². The van der Waals surface area contributed by atoms with Crippen molar-refractivity contribution in [2.45, 2.75) is 6.92 Å². The highest BCUT2D eigenvalue weighted by molar-refractivity contribution is 7.20. The quantitative estimate of drug-likeness (QED) is 0.558. The molecule has 0 fully saturated rings. The second kappa shape index (κ2) is 9.80. The Labute approximate surface area is 167 Å². The van der Waals surface area contributed by atoms with Crippen LogP contribution in [0.1, 0.15) is 15.4 Å². The lowest BCUT2D eigenvalue weighted by Gasteiger charge is -2.05. The second-order valence-corrected chi connectivity index (χ2v) is 6.83. The maximum Gasteiger partial charge on any atom is 0.261 e. The van der Waals surface area contributed by atoms with Gasteiger partial charge in [0.25, 0.3) is 5.91 Å². The number of halogens is 2. The highest BCUT2D eigenvalue weighted by atomic mass is 35.5. The lowest BCUT2D eigenvalue weighted by molar-refractivity contribution is 0.0958. The fourth-order valence-electron chi connectivity index (χ4n) is 2.57. The first-order chi connectivity index (χ1) is 12.6. The Morgan fingerprint density at radius 1 is 1.26 bits per heavy atom. The van der Waals surface area contributed by atoms with Gasteiger partial charge >= 0.3 is 0 Å². The van der Waals surface area contributed by atoms with E-state index in [2.05, 4.69) is 15.7 Å². The minimum absolute atomic E-state index is 0. The lowest BCUT2D eigenvalue weighted by atomic mass is 10.3. The molecule has 0 spiro atoms. The normalized spacial score (nSPS) is 10.8. The van der Waals surface area contributed by atoms with E-state index >= 15 is 0 Å². The molecule has 0 aliphatic carbocycles. The van der Waals surface area contributed by atoms with Crippen molar-refractivity contribution < 1.29 is 13.9 Å². The zero-order valence-electron chi connectivity index (χ0n) is 15.1. The molecule has 9 heteroatoms. The molecule has 6 nitrogen and oxygen atoms in total. The SMILES string of the molecule is COCCNCCNC(=O)c1cc2c(C)nn(-c3ccc(F)cc3)c2s1.Cl. The highest BCUT2D eigenvalue weighted by Crippen LogP contribution is 2.30. The summed E-state index contributed by atoms with van der Waals surface area (Å²) >= 11 is 1.38. The highest BCUT2D eigenvalue weighted by Gasteiger charge is 2.17. The van der Waals surface area contributed by atoms with Gasteiger partial charge in [0.15, 0.2) is 0 Å². The van der Waals surface area contributed by atoms with Crippen LogP contribution in [-0.4, -0.2) is 49.0 Å². The van der Waals surface area contributed by atoms with Crippen LogP contribution in [0.25, 0.3) is 15.9 Å². The van der Waals surface area contributed by atoms with E-state index in [-0.39, 0.29) is 24.1 Å². The molecule has 0 unspecified atom stereocenters. The van der Waals surface area contributed by atoms with Crippen LogP contribution in [0.15, 0.2) is 30.3 Å². The van der Waals surface area contributed by atoms with E-state index in [0.717, 1.165) is 28.1 Å². The molecule has 0 saturated carbocycles. The van der Waals surface area contributed by atoms with E-state index < -0.39 is 0 Å². The molecule has 0 aliphatic heterocycles. The maximum atomic E-state index is 13.2. The average molecular weight is 413 g/mol. The van der Waals surface area contributed by atoms with Gasteiger partial charge in [0.1, 0.15) is 10.6 Å². The molecule has 0 radical (unpaired) electrons. The van der Waals surface area contributed by atoms with Gasteiger partial charge in [0.05, 0.1) is 22.9 Å². The number of aryl methyl sites for hydroxylation is 1. The smallest absolute Gasteiger partial charge is 0.261 e. The number of carbonyl (C=O) groups is 1. The van der Waals surface area contributed by atoms with E-state index in [4.69, 9.17) is 4.74 Å². The molecular formula is C18H22ClFN4O2S. The number of hydrogen-bond donors (Lipinski definition) is 2. The lowest BCUT2D eigenvalue weighted by Crippen LogP contribution is -2.32. The minimum atomic E-state index is -0.292. The maximum absolute atomic E-state index is 13.2. The fraction of sp³-hybridized carbons (Fsp3) is 0.333. The number of methoxy groups -OCH3 is 1. The largest absolute Gasteiger partial charge is 0.383 e. The van der Waals surface area contributed by atoms with Gasteiger partial charge in [-0.15, -0.1) is 23.7 Å². The van der Waals surface area contributed by atoms with Gasteiger partial charge in [0, 0.05) is 32.1 Å². The molecule has 0 aliphatic rings. The second-order valence-electron chi connectivity index (χ2n) is 5.80. The summed E-state index contributed by atoms with van der Waals surface area (Å²) in [7, 11) is 1.65. The summed E-state index contributed by atoms with van der Waals surface area (Å²) in [5, 5.41) is 11.5. The zero-order chi connectivity index (χ0) is 18.5. The van der Waals surface area contributed by atoms with E-state index in [9.17, 15) is 9.18 Å². The first-order valence-electron chi connectivity index (χ1n) is 8.33. The number of nitrogens with zero attached hydrogens (tertiary/aromatic N) is 2. The van der Waals surface area contributed by atoms with Crippen LogP contribution in [0.3, 0.4) is 0 Å². The molecule has 0 atom stereocenters. The van der Waals surface area contributed by atoms with Crippen LogP contribution >= 0.6 is 23.7 Å². The summed E-state index contributed by atoms with van der Waals surface area (Å²) in [4.78, 5) is 13.9. The third-order valence-corrected chi connectivity index (χ3v) is 5.02. The predicted molar refractivity (Wildman–Crippen MR) is 108 cm³/mol. The van der Waals surface area contributed by atoms with Crippen molar-refractivity contribution >= 4 is 39.9 Å². The van der Waals surface area contributed by atoms with Crippen LogP contribution in [0, 0.1) is 12.7 Å². The average Bonchev–Trinajstić information content (AvgIpc) is 3.20. The molecule has 3 aromatic rings. The van der Waals surface area contributed by atoms with Crippen LogP contribution in [0.2, 0.25) is 0 Å². The van der Waals surface area contributed by atoms with Gasteiger partial charge < -0.3 is 15.4 Å². The number of nitrogens with one attached hydrogen (secondary N) is 2. The van der Waals surface area contributed by atoms with Crippen molar-refractivity contribution in [3.63, 3.8) is 0 Å². The summed E-state index contributed by atoms with van der Waals surface area (Å²) in [6, 6.07) is 8.00. The Hall–Kier alpha value is -2.00. The standard InChI is InChI=1S/C18H21FN4O2S.ClH/c1-12-15-11-16(17(24)21-8-7-20-9-10-25-2)26-18(15)23(22-12)14-5-3-13(19)4-6-14;/h3-6,11,20H,7-10H2,1-2H3,(H,21,24);1H. The van der Waals surface area contributed by atoms with Gasteiger partial charge in [0.2, 0.25) is 0 Å². The van der Waals surface area contributed by atoms with Gasteiger partial charge in [-0.05, 0) is 37.3 Å². The summed E-state index contributed by atoms with van der Waals surface area (Å²) in [5.74, 6) is -0.399. The number of fused-ring (bicyclic) bond motifs is 1. The third-order valence-electron chi connectivity index (χ3n) is 3.91. The number of amides is 1. The Kier molecular flexibility index (Phi) is 7.73. The van der Waals surface area contributed by atoms with E-state index in [1.807, 2.05) is 13.0 Å². The molecule has 2 heterocycles. The summed E-state index contributed by atoms with van der Waals surface area (Å²) in [5.41, 5.74) is 1.60. The van der Waals surface area contributed by atoms with Gasteiger partial charge in [-0.1, -0.05) is 0 Å². The number of hydrogen-bond acceptors (Lipinski definition) is 5. The number of benzene rings is 1. The molecule has 27 heavy (non-hydrogen) atoms. The number of thiophene rings is 1. The Morgan fingerprint density at radius 3 is 2.70 bits per heavy atom. The van der Waals surface area contributed by atoms with E-state index in [0.29, 0.717) is 24.6 Å². The minimum Gasteiger partial charge on any atom is -0.383 e. The molecule has 2 N–H and O–H groups in total. The molecule has 0 bridgehead atoms. The van der Waals surface area contributed by atoms with Crippen molar-refractivity contribution in [1.82, 2.24) is 20.4 Å². The molecule has 3 rings (SSSR count). The fourth-order valence-corrected chi connectivity index (χ4v) is 3.67. The number of carbonyl (C=O) groups excluding carboxylic acids is 1. The number of rotatable bonds is 8. The van der Waals surface area contributed by atoms with Gasteiger partial charge in [-0.2, -0.15) is 5.10 Å². The van der Waals surface area contributed by atoms with Gasteiger partial charge in [-0.25, -0.2) is 9.07 Å². The monoisotopic (exact) mass is 412 g/mol. The van der Waals surface area contributed by atoms with Crippen molar-refractivity contribution in [2.75, 3.05) is 33.4 Å². The van der Waals surface area contributed by atoms with E-state index in [1.54, 1.807) is 23.9 Å². The molecular weight excluding hydrogens is 391 g/mol. The summed E-state index contributed by atoms with van der Waals surface area (Å²) in [6.07, 6.45) is 0. The molecule has 146 valence electrons. The summed E-state index contributed by atoms with van der Waals surface area (Å²) < 4.78 is 19.9. The Morgan fingerprint density at radius 2 is 2.00 bits per heavy atom. The van der Waals surface area contributed by atoms with Crippen molar-refractivity contribution in [3.05, 3.63) is 46.7 Å². The van der Waals surface area contributed by atoms with Crippen LogP contribution in [-0.2, 0) is 4.74 Å². The van der Waals surface area contributed by atoms with Crippen LogP contribution in [0.5, 0.6) is 0 Å². The Bertz CT molecular complexity index is 895. The third kappa shape index (κ3) is 5.04. The van der Waals surface area contributed by atoms with Crippen LogP contribution in [0.4, 0.5) is 4.39 Å². The zero-order valence-corrected chi connectivity index (χ0v) is 16.8. The Balaban J connectivity index is 0.00000261. The van der Waals surface area contributed by atoms with Crippen LogP contribution < -0.4 is 10.6 Å². The number of ether oxygens (including phenoxy) is 1. The van der Waals surface area contributed by atoms with E-state index in [1.165, 1.54) is 23.5 Å². The predicted octanol–water partition coefficient (Wildman–Crippen LogP) is 2.92. The topological polar surface area (TPSA) is 68.2 Å².